The molecule has 2 aromatic rings. The monoisotopic (exact) mass is 325 g/mol. The van der Waals surface area contributed by atoms with Crippen LogP contribution in [0.15, 0.2) is 23.1 Å². The van der Waals surface area contributed by atoms with Crippen molar-refractivity contribution >= 4 is 38.7 Å². The van der Waals surface area contributed by atoms with Gasteiger partial charge in [-0.3, -0.25) is 10.1 Å². The number of imidazole rings is 1. The number of hydrogen-bond donors (Lipinski definition) is 2. The van der Waals surface area contributed by atoms with Crippen LogP contribution in [0.2, 0.25) is 0 Å². The third kappa shape index (κ3) is 3.25. The van der Waals surface area contributed by atoms with E-state index in [0.29, 0.717) is 17.5 Å². The Kier molecular flexibility index (Phi) is 4.45. The van der Waals surface area contributed by atoms with Gasteiger partial charge in [-0.1, -0.05) is 6.92 Å². The van der Waals surface area contributed by atoms with Gasteiger partial charge < -0.3 is 9.72 Å². The van der Waals surface area contributed by atoms with Gasteiger partial charge in [0.15, 0.2) is 9.84 Å². The fraction of sp³-hybridized carbons (Fsp3) is 0.308. The number of carbonyl (C=O) groups excluding carboxylic acids is 2. The van der Waals surface area contributed by atoms with Crippen molar-refractivity contribution in [2.45, 2.75) is 18.2 Å². The highest BCUT2D eigenvalue weighted by atomic mass is 32.2. The van der Waals surface area contributed by atoms with E-state index in [1.807, 2.05) is 0 Å². The average Bonchev–Trinajstić information content (AvgIpc) is 2.87. The maximum Gasteiger partial charge on any atom is 0.396 e. The summed E-state index contributed by atoms with van der Waals surface area (Å²) in [7, 11) is -2.25. The number of benzene rings is 1. The van der Waals surface area contributed by atoms with Gasteiger partial charge in [-0.2, -0.15) is 0 Å². The Labute approximate surface area is 126 Å². The standard InChI is InChI=1S/C13H15N3O5S/c1-3-6-22(19,20)8-4-5-9-10(7-8)15-13(14-9)16-11(17)12(18)21-2/h4-5,7H,3,6H2,1-2H3,(H2,14,15,16,17). The number of hydrogen-bond acceptors (Lipinski definition) is 6. The number of aromatic nitrogens is 2. The second kappa shape index (κ2) is 6.14. The minimum atomic E-state index is -3.34. The second-order valence-corrected chi connectivity index (χ2v) is 6.64. The molecule has 9 heteroatoms. The Bertz CT molecular complexity index is 825. The van der Waals surface area contributed by atoms with Gasteiger partial charge >= 0.3 is 11.9 Å². The maximum atomic E-state index is 12.0. The van der Waals surface area contributed by atoms with E-state index in [1.165, 1.54) is 18.2 Å². The number of rotatable bonds is 4. The van der Waals surface area contributed by atoms with Crippen LogP contribution in [0.4, 0.5) is 5.95 Å². The number of anilines is 1. The van der Waals surface area contributed by atoms with Crippen molar-refractivity contribution in [3.63, 3.8) is 0 Å². The maximum absolute atomic E-state index is 12.0. The van der Waals surface area contributed by atoms with Gasteiger partial charge in [-0.25, -0.2) is 18.2 Å². The van der Waals surface area contributed by atoms with Crippen LogP contribution in [0, 0.1) is 0 Å². The zero-order chi connectivity index (χ0) is 16.3. The summed E-state index contributed by atoms with van der Waals surface area (Å²) in [4.78, 5) is 29.4. The van der Waals surface area contributed by atoms with Crippen molar-refractivity contribution in [3.8, 4) is 0 Å². The molecular formula is C13H15N3O5S. The predicted molar refractivity (Wildman–Crippen MR) is 79.1 cm³/mol. The van der Waals surface area contributed by atoms with E-state index in [4.69, 9.17) is 0 Å². The Balaban J connectivity index is 2.32. The molecule has 22 heavy (non-hydrogen) atoms. The molecule has 1 heterocycles. The molecule has 1 aromatic heterocycles. The summed E-state index contributed by atoms with van der Waals surface area (Å²) in [5, 5.41) is 2.24. The first-order valence-electron chi connectivity index (χ1n) is 6.49. The van der Waals surface area contributed by atoms with Crippen LogP contribution in [0.3, 0.4) is 0 Å². The van der Waals surface area contributed by atoms with Gasteiger partial charge in [-0.05, 0) is 24.6 Å². The quantitative estimate of drug-likeness (QED) is 0.636. The van der Waals surface area contributed by atoms with Crippen LogP contribution < -0.4 is 5.32 Å². The third-order valence-electron chi connectivity index (χ3n) is 2.89. The molecule has 0 spiro atoms. The third-order valence-corrected chi connectivity index (χ3v) is 4.81. The van der Waals surface area contributed by atoms with Gasteiger partial charge in [0.05, 0.1) is 28.8 Å². The van der Waals surface area contributed by atoms with Gasteiger partial charge in [0.1, 0.15) is 0 Å². The van der Waals surface area contributed by atoms with Crippen molar-refractivity contribution < 1.29 is 22.7 Å². The number of ether oxygens (including phenoxy) is 1. The Morgan fingerprint density at radius 2 is 2.09 bits per heavy atom. The van der Waals surface area contributed by atoms with Gasteiger partial charge in [0.2, 0.25) is 5.95 Å². The molecule has 0 saturated carbocycles. The number of carbonyl (C=O) groups is 2. The highest BCUT2D eigenvalue weighted by molar-refractivity contribution is 7.91. The van der Waals surface area contributed by atoms with Crippen LogP contribution >= 0.6 is 0 Å². The first-order valence-corrected chi connectivity index (χ1v) is 8.14. The summed E-state index contributed by atoms with van der Waals surface area (Å²) in [6, 6.07) is 4.43. The number of nitrogens with one attached hydrogen (secondary N) is 2. The van der Waals surface area contributed by atoms with Gasteiger partial charge in [0.25, 0.3) is 0 Å². The number of methoxy groups -OCH3 is 1. The SMILES string of the molecule is CCCS(=O)(=O)c1ccc2nc(NC(=O)C(=O)OC)[nH]c2c1. The molecule has 0 radical (unpaired) electrons. The highest BCUT2D eigenvalue weighted by Gasteiger charge is 2.17. The second-order valence-electron chi connectivity index (χ2n) is 4.53. The van der Waals surface area contributed by atoms with Crippen LogP contribution in [0.1, 0.15) is 13.3 Å². The largest absolute Gasteiger partial charge is 0.462 e. The van der Waals surface area contributed by atoms with E-state index in [-0.39, 0.29) is 16.6 Å². The summed E-state index contributed by atoms with van der Waals surface area (Å²) in [6.07, 6.45) is 0.518. The van der Waals surface area contributed by atoms with Crippen LogP contribution in [-0.4, -0.2) is 43.1 Å². The molecule has 0 unspecified atom stereocenters. The lowest BCUT2D eigenvalue weighted by Crippen LogP contribution is -2.24. The number of fused-ring (bicyclic) bond motifs is 1. The molecule has 8 nitrogen and oxygen atoms in total. The molecule has 2 rings (SSSR count). The van der Waals surface area contributed by atoms with Crippen LogP contribution in [-0.2, 0) is 24.2 Å². The van der Waals surface area contributed by atoms with E-state index in [0.717, 1.165) is 7.11 Å². The van der Waals surface area contributed by atoms with Crippen LogP contribution in [0.5, 0.6) is 0 Å². The zero-order valence-electron chi connectivity index (χ0n) is 12.0. The first kappa shape index (κ1) is 16.0. The lowest BCUT2D eigenvalue weighted by Gasteiger charge is -2.01. The highest BCUT2D eigenvalue weighted by Crippen LogP contribution is 2.20. The molecule has 0 bridgehead atoms. The van der Waals surface area contributed by atoms with Crippen molar-refractivity contribution in [1.29, 1.82) is 0 Å². The number of sulfone groups is 1. The topological polar surface area (TPSA) is 118 Å². The predicted octanol–water partition coefficient (Wildman–Crippen LogP) is 0.858. The average molecular weight is 325 g/mol. The molecule has 1 aromatic carbocycles. The number of esters is 1. The van der Waals surface area contributed by atoms with E-state index in [9.17, 15) is 18.0 Å². The Morgan fingerprint density at radius 1 is 1.36 bits per heavy atom. The number of aromatic amines is 1. The molecule has 0 aliphatic heterocycles. The molecule has 1 amide bonds. The van der Waals surface area contributed by atoms with Gasteiger partial charge in [0, 0.05) is 0 Å². The van der Waals surface area contributed by atoms with Crippen molar-refractivity contribution in [1.82, 2.24) is 9.97 Å². The lowest BCUT2D eigenvalue weighted by molar-refractivity contribution is -0.150. The number of H-pyrrole nitrogens is 1. The smallest absolute Gasteiger partial charge is 0.396 e. The normalized spacial score (nSPS) is 11.4. The minimum absolute atomic E-state index is 0.0374. The van der Waals surface area contributed by atoms with Crippen molar-refractivity contribution in [2.75, 3.05) is 18.2 Å². The molecule has 0 fully saturated rings. The summed E-state index contributed by atoms with van der Waals surface area (Å²) >= 11 is 0. The molecule has 2 N–H and O–H groups in total. The molecular weight excluding hydrogens is 310 g/mol. The molecule has 0 aliphatic rings. The zero-order valence-corrected chi connectivity index (χ0v) is 12.9. The van der Waals surface area contributed by atoms with E-state index in [1.54, 1.807) is 6.92 Å². The lowest BCUT2D eigenvalue weighted by atomic mass is 10.3. The van der Waals surface area contributed by atoms with E-state index < -0.39 is 21.7 Å². The summed E-state index contributed by atoms with van der Waals surface area (Å²) in [5.41, 5.74) is 0.910. The van der Waals surface area contributed by atoms with Crippen molar-refractivity contribution in [3.05, 3.63) is 18.2 Å². The fourth-order valence-electron chi connectivity index (χ4n) is 1.88. The fourth-order valence-corrected chi connectivity index (χ4v) is 3.23. The summed E-state index contributed by atoms with van der Waals surface area (Å²) < 4.78 is 28.3. The molecule has 0 atom stereocenters. The minimum Gasteiger partial charge on any atom is -0.462 e. The molecule has 0 aliphatic carbocycles. The van der Waals surface area contributed by atoms with E-state index in [2.05, 4.69) is 20.0 Å². The Morgan fingerprint density at radius 3 is 2.73 bits per heavy atom. The van der Waals surface area contributed by atoms with Crippen LogP contribution in [0.25, 0.3) is 11.0 Å². The number of nitrogens with zero attached hydrogens (tertiary/aromatic N) is 1. The summed E-state index contributed by atoms with van der Waals surface area (Å²) in [5.74, 6) is -1.93. The molecule has 0 saturated heterocycles. The summed E-state index contributed by atoms with van der Waals surface area (Å²) in [6.45, 7) is 1.78. The van der Waals surface area contributed by atoms with Gasteiger partial charge in [-0.15, -0.1) is 0 Å². The Hall–Kier alpha value is -2.42. The molecule has 118 valence electrons. The van der Waals surface area contributed by atoms with Crippen molar-refractivity contribution in [2.24, 2.45) is 0 Å². The first-order chi connectivity index (χ1) is 10.4. The van der Waals surface area contributed by atoms with E-state index >= 15 is 0 Å². The number of amides is 1.